The van der Waals surface area contributed by atoms with Gasteiger partial charge in [-0.05, 0) is 38.5 Å². The lowest BCUT2D eigenvalue weighted by molar-refractivity contribution is -0.149. The second-order valence-corrected chi connectivity index (χ2v) is 4.45. The van der Waals surface area contributed by atoms with Gasteiger partial charge in [-0.15, -0.1) is 0 Å². The predicted octanol–water partition coefficient (Wildman–Crippen LogP) is 2.30. The third-order valence-corrected chi connectivity index (χ3v) is 3.26. The van der Waals surface area contributed by atoms with E-state index in [0.29, 0.717) is 5.92 Å². The zero-order valence-corrected chi connectivity index (χ0v) is 9.08. The molecule has 0 aromatic rings. The highest BCUT2D eigenvalue weighted by Gasteiger charge is 2.46. The van der Waals surface area contributed by atoms with Crippen molar-refractivity contribution in [3.05, 3.63) is 0 Å². The van der Waals surface area contributed by atoms with Crippen LogP contribution in [0.4, 0.5) is 0 Å². The topological polar surface area (TPSA) is 46.5 Å². The molecule has 0 radical (unpaired) electrons. The number of rotatable bonds is 7. The average Bonchev–Trinajstić information content (AvgIpc) is 2.95. The van der Waals surface area contributed by atoms with Crippen molar-refractivity contribution in [2.75, 3.05) is 13.7 Å². The van der Waals surface area contributed by atoms with Gasteiger partial charge in [0.05, 0.1) is 5.41 Å². The van der Waals surface area contributed by atoms with Gasteiger partial charge in [0.1, 0.15) is 0 Å². The van der Waals surface area contributed by atoms with Crippen molar-refractivity contribution in [3.8, 4) is 0 Å². The number of unbranched alkanes of at least 4 members (excludes halogenated alkanes) is 1. The molecular weight excluding hydrogens is 180 g/mol. The minimum atomic E-state index is -0.627. The van der Waals surface area contributed by atoms with Crippen molar-refractivity contribution in [1.82, 2.24) is 0 Å². The molecule has 3 nitrogen and oxygen atoms in total. The van der Waals surface area contributed by atoms with Gasteiger partial charge in [0.2, 0.25) is 0 Å². The Hall–Kier alpha value is -0.570. The zero-order chi connectivity index (χ0) is 10.6. The maximum atomic E-state index is 11.1. The third kappa shape index (κ3) is 2.71. The molecule has 0 aromatic carbocycles. The fourth-order valence-corrected chi connectivity index (χ4v) is 1.94. The number of ether oxygens (including phenoxy) is 1. The summed E-state index contributed by atoms with van der Waals surface area (Å²) in [6.45, 7) is 2.63. The molecule has 82 valence electrons. The number of carboxylic acids is 1. The number of hydrogen-bond donors (Lipinski definition) is 1. The Morgan fingerprint density at radius 3 is 2.57 bits per heavy atom. The molecule has 1 aliphatic rings. The number of carbonyl (C=O) groups is 1. The van der Waals surface area contributed by atoms with Crippen molar-refractivity contribution in [2.24, 2.45) is 11.3 Å². The van der Waals surface area contributed by atoms with Gasteiger partial charge >= 0.3 is 5.97 Å². The molecule has 14 heavy (non-hydrogen) atoms. The molecule has 0 aromatic heterocycles. The first-order valence-electron chi connectivity index (χ1n) is 5.33. The molecule has 0 spiro atoms. The van der Waals surface area contributed by atoms with E-state index in [1.54, 1.807) is 7.11 Å². The average molecular weight is 200 g/mol. The second-order valence-electron chi connectivity index (χ2n) is 4.45. The standard InChI is InChI=1S/C11H20O3/c1-11(10(12)13,9-5-6-9)7-3-4-8-14-2/h9H,3-8H2,1-2H3,(H,12,13). The van der Waals surface area contributed by atoms with E-state index in [9.17, 15) is 4.79 Å². The fraction of sp³-hybridized carbons (Fsp3) is 0.909. The Balaban J connectivity index is 2.32. The molecule has 1 N–H and O–H groups in total. The molecule has 1 rings (SSSR count). The Labute approximate surface area is 85.5 Å². The third-order valence-electron chi connectivity index (χ3n) is 3.26. The van der Waals surface area contributed by atoms with E-state index in [0.717, 1.165) is 38.7 Å². The van der Waals surface area contributed by atoms with E-state index in [1.807, 2.05) is 6.92 Å². The molecule has 1 fully saturated rings. The van der Waals surface area contributed by atoms with Crippen molar-refractivity contribution >= 4 is 5.97 Å². The summed E-state index contributed by atoms with van der Waals surface area (Å²) in [5.41, 5.74) is -0.478. The van der Waals surface area contributed by atoms with Crippen molar-refractivity contribution in [2.45, 2.75) is 39.0 Å². The summed E-state index contributed by atoms with van der Waals surface area (Å²) >= 11 is 0. The van der Waals surface area contributed by atoms with Crippen LogP contribution >= 0.6 is 0 Å². The maximum absolute atomic E-state index is 11.1. The summed E-state index contributed by atoms with van der Waals surface area (Å²) in [5.74, 6) is -0.208. The molecule has 0 aliphatic heterocycles. The van der Waals surface area contributed by atoms with Crippen LogP contribution in [-0.2, 0) is 9.53 Å². The van der Waals surface area contributed by atoms with Crippen molar-refractivity contribution < 1.29 is 14.6 Å². The summed E-state index contributed by atoms with van der Waals surface area (Å²) in [4.78, 5) is 11.1. The lowest BCUT2D eigenvalue weighted by Crippen LogP contribution is -2.29. The van der Waals surface area contributed by atoms with E-state index < -0.39 is 11.4 Å². The van der Waals surface area contributed by atoms with Crippen LogP contribution in [0.1, 0.15) is 39.0 Å². The molecule has 0 saturated heterocycles. The Kier molecular flexibility index (Phi) is 3.93. The molecule has 3 heteroatoms. The highest BCUT2D eigenvalue weighted by molar-refractivity contribution is 5.75. The summed E-state index contributed by atoms with van der Waals surface area (Å²) in [6, 6.07) is 0. The number of methoxy groups -OCH3 is 1. The highest BCUT2D eigenvalue weighted by atomic mass is 16.5. The molecule has 0 amide bonds. The van der Waals surface area contributed by atoms with Gasteiger partial charge in [-0.2, -0.15) is 0 Å². The number of carboxylic acid groups (broad SMARTS) is 1. The molecule has 1 atom stereocenters. The van der Waals surface area contributed by atoms with Crippen LogP contribution in [0.2, 0.25) is 0 Å². The maximum Gasteiger partial charge on any atom is 0.309 e. The quantitative estimate of drug-likeness (QED) is 0.641. The summed E-state index contributed by atoms with van der Waals surface area (Å²) < 4.78 is 4.95. The summed E-state index contributed by atoms with van der Waals surface area (Å²) in [5, 5.41) is 9.17. The Morgan fingerprint density at radius 2 is 2.14 bits per heavy atom. The minimum Gasteiger partial charge on any atom is -0.481 e. The number of hydrogen-bond acceptors (Lipinski definition) is 2. The predicted molar refractivity (Wildman–Crippen MR) is 54.2 cm³/mol. The second kappa shape index (κ2) is 4.78. The lowest BCUT2D eigenvalue weighted by atomic mass is 9.80. The first-order valence-corrected chi connectivity index (χ1v) is 5.33. The van der Waals surface area contributed by atoms with E-state index >= 15 is 0 Å². The normalized spacial score (nSPS) is 20.4. The fourth-order valence-electron chi connectivity index (χ4n) is 1.94. The van der Waals surface area contributed by atoms with Gasteiger partial charge in [-0.25, -0.2) is 0 Å². The lowest BCUT2D eigenvalue weighted by Gasteiger charge is -2.24. The van der Waals surface area contributed by atoms with Crippen LogP contribution in [0.25, 0.3) is 0 Å². The van der Waals surface area contributed by atoms with E-state index in [2.05, 4.69) is 0 Å². The van der Waals surface area contributed by atoms with E-state index in [1.165, 1.54) is 0 Å². The van der Waals surface area contributed by atoms with Gasteiger partial charge in [0.25, 0.3) is 0 Å². The molecular formula is C11H20O3. The smallest absolute Gasteiger partial charge is 0.309 e. The van der Waals surface area contributed by atoms with Crippen LogP contribution in [0.15, 0.2) is 0 Å². The first-order chi connectivity index (χ1) is 6.61. The largest absolute Gasteiger partial charge is 0.481 e. The van der Waals surface area contributed by atoms with Gasteiger partial charge in [-0.3, -0.25) is 4.79 Å². The van der Waals surface area contributed by atoms with Crippen LogP contribution in [0.5, 0.6) is 0 Å². The zero-order valence-electron chi connectivity index (χ0n) is 9.08. The van der Waals surface area contributed by atoms with Crippen LogP contribution in [0.3, 0.4) is 0 Å². The van der Waals surface area contributed by atoms with E-state index in [4.69, 9.17) is 9.84 Å². The van der Waals surface area contributed by atoms with Crippen LogP contribution in [-0.4, -0.2) is 24.8 Å². The molecule has 1 unspecified atom stereocenters. The number of aliphatic carboxylic acids is 1. The SMILES string of the molecule is COCCCCC(C)(C(=O)O)C1CC1. The Bertz CT molecular complexity index is 199. The van der Waals surface area contributed by atoms with Gasteiger partial charge < -0.3 is 9.84 Å². The summed E-state index contributed by atoms with van der Waals surface area (Å²) in [6.07, 6.45) is 4.88. The van der Waals surface area contributed by atoms with E-state index in [-0.39, 0.29) is 0 Å². The highest BCUT2D eigenvalue weighted by Crippen LogP contribution is 2.48. The van der Waals surface area contributed by atoms with Crippen LogP contribution < -0.4 is 0 Å². The Morgan fingerprint density at radius 1 is 1.50 bits per heavy atom. The minimum absolute atomic E-state index is 0.419. The van der Waals surface area contributed by atoms with Crippen molar-refractivity contribution in [1.29, 1.82) is 0 Å². The van der Waals surface area contributed by atoms with Gasteiger partial charge in [0, 0.05) is 13.7 Å². The molecule has 1 saturated carbocycles. The summed E-state index contributed by atoms with van der Waals surface area (Å²) in [7, 11) is 1.68. The van der Waals surface area contributed by atoms with Crippen molar-refractivity contribution in [3.63, 3.8) is 0 Å². The molecule has 0 heterocycles. The van der Waals surface area contributed by atoms with Crippen LogP contribution in [0, 0.1) is 11.3 Å². The monoisotopic (exact) mass is 200 g/mol. The first kappa shape index (κ1) is 11.5. The van der Waals surface area contributed by atoms with Gasteiger partial charge in [-0.1, -0.05) is 6.42 Å². The molecule has 0 bridgehead atoms. The van der Waals surface area contributed by atoms with Gasteiger partial charge in [0.15, 0.2) is 0 Å². The molecule has 1 aliphatic carbocycles.